The Morgan fingerprint density at radius 2 is 1.94 bits per heavy atom. The number of fused-ring (bicyclic) bond motifs is 1. The molecule has 0 amide bonds. The van der Waals surface area contributed by atoms with Crippen molar-refractivity contribution in [3.05, 3.63) is 57.6 Å². The highest BCUT2D eigenvalue weighted by Gasteiger charge is 2.32. The predicted octanol–water partition coefficient (Wildman–Crippen LogP) is 7.04. The summed E-state index contributed by atoms with van der Waals surface area (Å²) >= 11 is 1.92. The van der Waals surface area contributed by atoms with E-state index in [1.807, 2.05) is 41.2 Å². The average molecular weight is 575 g/mol. The molecule has 0 atom stereocenters. The minimum Gasteiger partial charge on any atom is -0.494 e. The van der Waals surface area contributed by atoms with Gasteiger partial charge >= 0.3 is 0 Å². The topological polar surface area (TPSA) is 113 Å². The monoisotopic (exact) mass is 575 g/mol. The largest absolute Gasteiger partial charge is 0.494 e. The lowest BCUT2D eigenvalue weighted by molar-refractivity contribution is -0.384. The molecule has 2 aromatic rings. The van der Waals surface area contributed by atoms with Gasteiger partial charge in [0.1, 0.15) is 46.2 Å². The first-order valence-corrected chi connectivity index (χ1v) is 11.6. The van der Waals surface area contributed by atoms with Crippen LogP contribution in [0.1, 0.15) is 44.7 Å². The van der Waals surface area contributed by atoms with Crippen LogP contribution in [-0.4, -0.2) is 30.7 Å². The fourth-order valence-corrected chi connectivity index (χ4v) is 4.40. The van der Waals surface area contributed by atoms with Gasteiger partial charge in [-0.15, -0.1) is 10.2 Å². The van der Waals surface area contributed by atoms with Crippen LogP contribution in [0.4, 0.5) is 22.7 Å². The zero-order valence-electron chi connectivity index (χ0n) is 19.5. The number of rotatable bonds is 9. The van der Waals surface area contributed by atoms with E-state index < -0.39 is 4.92 Å². The number of allylic oxidation sites excluding steroid dienone is 1. The highest BCUT2D eigenvalue weighted by atomic mass is 127. The number of unbranched alkanes of at least 4 members (excludes halogenated alkanes) is 1. The molecule has 0 radical (unpaired) electrons. The molecule has 0 aliphatic carbocycles. The number of nitriles is 1. The number of anilines is 1. The second-order valence-electron chi connectivity index (χ2n) is 8.46. The number of methoxy groups -OCH3 is 1. The number of ether oxygens (including phenoxy) is 1. The molecule has 0 bridgehead atoms. The van der Waals surface area contributed by atoms with Crippen molar-refractivity contribution in [3.8, 4) is 11.8 Å². The molecule has 0 saturated carbocycles. The third-order valence-electron chi connectivity index (χ3n) is 5.71. The van der Waals surface area contributed by atoms with Crippen LogP contribution in [0, 0.1) is 21.4 Å². The number of halogens is 1. The molecule has 9 nitrogen and oxygen atoms in total. The lowest BCUT2D eigenvalue weighted by Gasteiger charge is -2.43. The zero-order valence-corrected chi connectivity index (χ0v) is 21.7. The first kappa shape index (κ1) is 25.6. The van der Waals surface area contributed by atoms with Crippen molar-refractivity contribution in [3.63, 3.8) is 0 Å². The molecule has 0 fully saturated rings. The summed E-state index contributed by atoms with van der Waals surface area (Å²) in [6, 6.07) is 9.75. The normalized spacial score (nSPS) is 14.5. The Bertz CT molecular complexity index is 1190. The summed E-state index contributed by atoms with van der Waals surface area (Å²) in [5, 5.41) is 28.9. The molecule has 0 unspecified atom stereocenters. The number of non-ortho nitro benzene ring substituents is 1. The molecule has 0 saturated heterocycles. The van der Waals surface area contributed by atoms with Crippen LogP contribution in [0.3, 0.4) is 0 Å². The van der Waals surface area contributed by atoms with E-state index in [0.717, 1.165) is 36.2 Å². The lowest BCUT2D eigenvalue weighted by Crippen LogP contribution is -2.45. The Balaban J connectivity index is 2.00. The minimum atomic E-state index is -0.550. The van der Waals surface area contributed by atoms with Crippen molar-refractivity contribution in [2.24, 2.45) is 10.2 Å². The van der Waals surface area contributed by atoms with Crippen molar-refractivity contribution < 1.29 is 12.7 Å². The third-order valence-corrected chi connectivity index (χ3v) is 6.15. The van der Waals surface area contributed by atoms with Crippen LogP contribution < -0.4 is 9.64 Å². The van der Waals surface area contributed by atoms with Gasteiger partial charge in [-0.2, -0.15) is 5.26 Å². The second kappa shape index (κ2) is 10.9. The van der Waals surface area contributed by atoms with Gasteiger partial charge in [-0.3, -0.25) is 10.1 Å². The number of azo groups is 1. The quantitative estimate of drug-likeness (QED) is 0.104. The number of nitro groups is 1. The van der Waals surface area contributed by atoms with Gasteiger partial charge in [0.2, 0.25) is 0 Å². The van der Waals surface area contributed by atoms with Crippen molar-refractivity contribution in [1.82, 2.24) is 0 Å². The molecule has 0 spiro atoms. The smallest absolute Gasteiger partial charge is 0.270 e. The van der Waals surface area contributed by atoms with Gasteiger partial charge in [0.05, 0.1) is 29.7 Å². The first-order chi connectivity index (χ1) is 16.2. The maximum absolute atomic E-state index is 11.0. The van der Waals surface area contributed by atoms with Gasteiger partial charge in [-0.05, 0) is 51.3 Å². The van der Waals surface area contributed by atoms with Crippen LogP contribution in [0.5, 0.6) is 5.75 Å². The average Bonchev–Trinajstić information content (AvgIpc) is 2.81. The summed E-state index contributed by atoms with van der Waals surface area (Å²) in [5.74, 6) is 0.550. The van der Waals surface area contributed by atoms with Crippen molar-refractivity contribution in [1.29, 1.82) is 5.26 Å². The summed E-state index contributed by atoms with van der Waals surface area (Å²) in [7, 11) is 1.58. The zero-order chi connectivity index (χ0) is 24.9. The first-order valence-electron chi connectivity index (χ1n) is 10.7. The van der Waals surface area contributed by atoms with Gasteiger partial charge in [0.25, 0.3) is 5.69 Å². The summed E-state index contributed by atoms with van der Waals surface area (Å²) in [4.78, 5) is 12.8. The molecule has 0 N–H and O–H groups in total. The van der Waals surface area contributed by atoms with E-state index in [-0.39, 0.29) is 22.5 Å². The van der Waals surface area contributed by atoms with Crippen LogP contribution in [0.15, 0.2) is 46.6 Å². The number of benzene rings is 2. The second-order valence-corrected chi connectivity index (χ2v) is 9.09. The summed E-state index contributed by atoms with van der Waals surface area (Å²) < 4.78 is 10.8. The van der Waals surface area contributed by atoms with Crippen molar-refractivity contribution in [2.75, 3.05) is 25.2 Å². The maximum atomic E-state index is 11.0. The van der Waals surface area contributed by atoms with E-state index in [0.29, 0.717) is 18.0 Å². The van der Waals surface area contributed by atoms with E-state index >= 15 is 0 Å². The molecule has 1 aliphatic heterocycles. The molecule has 1 heterocycles. The SMILES string of the molecule is COc1cc2c(cc1/N=N/c1ccc([N+](=O)[O-])cc1C#N)C(C)=CC(C)(C)N2CCCCOI. The van der Waals surface area contributed by atoms with Crippen LogP contribution >= 0.6 is 23.0 Å². The Labute approximate surface area is 212 Å². The number of hydrogen-bond acceptors (Lipinski definition) is 8. The molecule has 10 heteroatoms. The van der Waals surface area contributed by atoms with E-state index in [1.165, 1.54) is 18.2 Å². The van der Waals surface area contributed by atoms with Crippen LogP contribution in [-0.2, 0) is 3.07 Å². The van der Waals surface area contributed by atoms with Gasteiger partial charge in [-0.1, -0.05) is 6.08 Å². The van der Waals surface area contributed by atoms with Crippen molar-refractivity contribution in [2.45, 2.75) is 39.2 Å². The molecule has 3 rings (SSSR count). The number of hydrogen-bond donors (Lipinski definition) is 0. The molecule has 178 valence electrons. The van der Waals surface area contributed by atoms with E-state index in [9.17, 15) is 15.4 Å². The fourth-order valence-electron chi connectivity index (χ4n) is 4.09. The Hall–Kier alpha value is -3.04. The molecule has 34 heavy (non-hydrogen) atoms. The van der Waals surface area contributed by atoms with Crippen molar-refractivity contribution >= 4 is 51.3 Å². The fraction of sp³-hybridized carbons (Fsp3) is 0.375. The predicted molar refractivity (Wildman–Crippen MR) is 139 cm³/mol. The van der Waals surface area contributed by atoms with Gasteiger partial charge in [0, 0.05) is 36.0 Å². The van der Waals surface area contributed by atoms with E-state index in [2.05, 4.69) is 42.0 Å². The molecule has 2 aromatic carbocycles. The number of nitrogens with zero attached hydrogens (tertiary/aromatic N) is 5. The van der Waals surface area contributed by atoms with E-state index in [4.69, 9.17) is 7.80 Å². The number of nitro benzene ring substituents is 1. The molecule has 1 aliphatic rings. The van der Waals surface area contributed by atoms with Crippen LogP contribution in [0.2, 0.25) is 0 Å². The van der Waals surface area contributed by atoms with Gasteiger partial charge in [-0.25, -0.2) is 0 Å². The van der Waals surface area contributed by atoms with Gasteiger partial charge < -0.3 is 12.7 Å². The maximum Gasteiger partial charge on any atom is 0.270 e. The summed E-state index contributed by atoms with van der Waals surface area (Å²) in [5.41, 5.74) is 3.71. The minimum absolute atomic E-state index is 0.0781. The lowest BCUT2D eigenvalue weighted by atomic mass is 9.88. The Morgan fingerprint density at radius 1 is 1.21 bits per heavy atom. The Kier molecular flexibility index (Phi) is 8.22. The standard InChI is InChI=1S/C24H26IN5O4/c1-16-14-24(2,3)29(9-5-6-10-34-25)22-13-23(33-4)21(12-19(16)22)28-27-20-8-7-18(30(31)32)11-17(20)15-26/h7-8,11-14H,5-6,9-10H2,1-4H3/b28-27+. The summed E-state index contributed by atoms with van der Waals surface area (Å²) in [6.45, 7) is 8.02. The van der Waals surface area contributed by atoms with Gasteiger partial charge in [0.15, 0.2) is 0 Å². The molecular weight excluding hydrogens is 549 g/mol. The molecule has 0 aromatic heterocycles. The Morgan fingerprint density at radius 3 is 2.59 bits per heavy atom. The highest BCUT2D eigenvalue weighted by Crippen LogP contribution is 2.45. The van der Waals surface area contributed by atoms with E-state index in [1.54, 1.807) is 7.11 Å². The summed E-state index contributed by atoms with van der Waals surface area (Å²) in [6.07, 6.45) is 4.19. The van der Waals surface area contributed by atoms with Crippen LogP contribution in [0.25, 0.3) is 5.57 Å². The molecular formula is C24H26IN5O4. The third kappa shape index (κ3) is 5.53. The highest BCUT2D eigenvalue weighted by molar-refractivity contribution is 14.1.